The summed E-state index contributed by atoms with van der Waals surface area (Å²) in [5.41, 5.74) is 1.28. The lowest BCUT2D eigenvalue weighted by Gasteiger charge is -2.16. The molecule has 1 amide bonds. The fourth-order valence-electron chi connectivity index (χ4n) is 2.76. The van der Waals surface area contributed by atoms with Crippen LogP contribution in [0.15, 0.2) is 59.5 Å². The molecule has 27 heavy (non-hydrogen) atoms. The molecule has 0 radical (unpaired) electrons. The van der Waals surface area contributed by atoms with Crippen LogP contribution in [-0.2, 0) is 0 Å². The molecule has 0 unspecified atom stereocenters. The van der Waals surface area contributed by atoms with Crippen LogP contribution < -0.4 is 5.32 Å². The lowest BCUT2D eigenvalue weighted by Crippen LogP contribution is -2.38. The molecule has 142 valence electrons. The van der Waals surface area contributed by atoms with Crippen LogP contribution in [0.4, 0.5) is 0 Å². The van der Waals surface area contributed by atoms with Gasteiger partial charge in [0.1, 0.15) is 5.56 Å². The van der Waals surface area contributed by atoms with E-state index in [9.17, 15) is 9.90 Å². The Balaban J connectivity index is 1.99. The molecule has 8 heteroatoms. The maximum atomic E-state index is 12.9. The first-order chi connectivity index (χ1) is 13.2. The van der Waals surface area contributed by atoms with E-state index in [1.165, 1.54) is 0 Å². The number of rotatable bonds is 8. The van der Waals surface area contributed by atoms with Crippen molar-refractivity contribution in [1.82, 2.24) is 19.7 Å². The van der Waals surface area contributed by atoms with Crippen molar-refractivity contribution in [2.75, 3.05) is 18.6 Å². The minimum absolute atomic E-state index is 0.0937. The molecule has 1 aromatic carbocycles. The van der Waals surface area contributed by atoms with Crippen molar-refractivity contribution in [2.45, 2.75) is 12.5 Å². The fraction of sp³-hybridized carbons (Fsp3) is 0.263. The molecule has 3 rings (SSSR count). The lowest BCUT2D eigenvalue weighted by atomic mass is 10.2. The van der Waals surface area contributed by atoms with E-state index in [0.717, 1.165) is 15.9 Å². The van der Waals surface area contributed by atoms with Gasteiger partial charge in [-0.1, -0.05) is 12.1 Å². The van der Waals surface area contributed by atoms with Gasteiger partial charge in [-0.3, -0.25) is 4.79 Å². The highest BCUT2D eigenvalue weighted by Crippen LogP contribution is 2.25. The third kappa shape index (κ3) is 4.45. The summed E-state index contributed by atoms with van der Waals surface area (Å²) in [6.07, 6.45) is 8.02. The summed E-state index contributed by atoms with van der Waals surface area (Å²) in [5.74, 6) is 1.26. The van der Waals surface area contributed by atoms with Crippen LogP contribution >= 0.6 is 27.7 Å². The smallest absolute Gasteiger partial charge is 0.257 e. The summed E-state index contributed by atoms with van der Waals surface area (Å²) in [6, 6.07) is 11.2. The molecule has 0 spiro atoms. The first-order valence-corrected chi connectivity index (χ1v) is 10.7. The topological polar surface area (TPSA) is 72.1 Å². The SMILES string of the molecule is CSCC[C@H](CO)NC(=O)c1cnn(-c2ccccc2Br)c1-n1cccc1. The summed E-state index contributed by atoms with van der Waals surface area (Å²) >= 11 is 5.23. The van der Waals surface area contributed by atoms with E-state index in [-0.39, 0.29) is 18.6 Å². The van der Waals surface area contributed by atoms with Gasteiger partial charge in [-0.05, 0) is 58.6 Å². The maximum absolute atomic E-state index is 12.9. The highest BCUT2D eigenvalue weighted by Gasteiger charge is 2.22. The van der Waals surface area contributed by atoms with Crippen LogP contribution in [0.2, 0.25) is 0 Å². The number of nitrogens with zero attached hydrogens (tertiary/aromatic N) is 3. The quantitative estimate of drug-likeness (QED) is 0.554. The second kappa shape index (κ2) is 9.25. The van der Waals surface area contributed by atoms with Crippen molar-refractivity contribution in [3.8, 4) is 11.5 Å². The number of hydrogen-bond acceptors (Lipinski definition) is 4. The minimum atomic E-state index is -0.283. The van der Waals surface area contributed by atoms with Gasteiger partial charge in [-0.15, -0.1) is 0 Å². The summed E-state index contributed by atoms with van der Waals surface area (Å²) in [6.45, 7) is -0.0937. The molecule has 2 N–H and O–H groups in total. The Kier molecular flexibility index (Phi) is 6.76. The number of halogens is 1. The molecule has 0 aliphatic heterocycles. The average Bonchev–Trinajstić information content (AvgIpc) is 3.34. The van der Waals surface area contributed by atoms with Gasteiger partial charge < -0.3 is 15.0 Å². The van der Waals surface area contributed by atoms with E-state index >= 15 is 0 Å². The van der Waals surface area contributed by atoms with Gasteiger partial charge in [-0.2, -0.15) is 16.9 Å². The third-order valence-electron chi connectivity index (χ3n) is 4.14. The molecule has 2 aromatic heterocycles. The zero-order chi connectivity index (χ0) is 19.2. The van der Waals surface area contributed by atoms with Crippen molar-refractivity contribution in [1.29, 1.82) is 0 Å². The van der Waals surface area contributed by atoms with Crippen LogP contribution in [0.5, 0.6) is 0 Å². The van der Waals surface area contributed by atoms with Crippen LogP contribution in [0.1, 0.15) is 16.8 Å². The number of nitrogens with one attached hydrogen (secondary N) is 1. The molecule has 1 atom stereocenters. The number of aliphatic hydroxyl groups is 1. The number of amides is 1. The summed E-state index contributed by atoms with van der Waals surface area (Å²) in [7, 11) is 0. The van der Waals surface area contributed by atoms with Gasteiger partial charge in [0.25, 0.3) is 5.91 Å². The Labute approximate surface area is 170 Å². The molecule has 2 heterocycles. The summed E-state index contributed by atoms with van der Waals surface area (Å²) < 4.78 is 4.47. The maximum Gasteiger partial charge on any atom is 0.257 e. The summed E-state index contributed by atoms with van der Waals surface area (Å²) in [5, 5.41) is 16.9. The van der Waals surface area contributed by atoms with E-state index in [2.05, 4.69) is 26.3 Å². The standard InChI is InChI=1S/C19H21BrN4O2S/c1-27-11-8-14(13-25)22-18(26)15-12-21-24(17-7-3-2-6-16(17)20)19(15)23-9-4-5-10-23/h2-7,9-10,12,14,25H,8,11,13H2,1H3,(H,22,26)/t14-/m1/s1. The predicted molar refractivity (Wildman–Crippen MR) is 112 cm³/mol. The second-order valence-electron chi connectivity index (χ2n) is 5.97. The molecule has 0 bridgehead atoms. The number of carbonyl (C=O) groups excluding carboxylic acids is 1. The monoisotopic (exact) mass is 448 g/mol. The molecular weight excluding hydrogens is 428 g/mol. The number of aliphatic hydroxyl groups excluding tert-OH is 1. The molecule has 0 saturated heterocycles. The Hall–Kier alpha value is -2.03. The molecule has 3 aromatic rings. The Morgan fingerprint density at radius 3 is 2.70 bits per heavy atom. The number of aromatic nitrogens is 3. The molecule has 0 saturated carbocycles. The molecule has 0 aliphatic rings. The van der Waals surface area contributed by atoms with E-state index in [4.69, 9.17) is 0 Å². The third-order valence-corrected chi connectivity index (χ3v) is 5.46. The van der Waals surface area contributed by atoms with Crippen molar-refractivity contribution in [2.24, 2.45) is 0 Å². The zero-order valence-electron chi connectivity index (χ0n) is 14.9. The van der Waals surface area contributed by atoms with Gasteiger partial charge in [-0.25, -0.2) is 4.68 Å². The number of para-hydroxylation sites is 1. The predicted octanol–water partition coefficient (Wildman–Crippen LogP) is 3.27. The van der Waals surface area contributed by atoms with Gasteiger partial charge >= 0.3 is 0 Å². The minimum Gasteiger partial charge on any atom is -0.394 e. The summed E-state index contributed by atoms with van der Waals surface area (Å²) in [4.78, 5) is 12.9. The number of hydrogen-bond donors (Lipinski definition) is 2. The molecule has 0 fully saturated rings. The van der Waals surface area contributed by atoms with Gasteiger partial charge in [0.15, 0.2) is 5.82 Å². The number of carbonyl (C=O) groups is 1. The number of thioether (sulfide) groups is 1. The molecule has 0 aliphatic carbocycles. The lowest BCUT2D eigenvalue weighted by molar-refractivity contribution is 0.0915. The fourth-order valence-corrected chi connectivity index (χ4v) is 3.73. The average molecular weight is 449 g/mol. The second-order valence-corrected chi connectivity index (χ2v) is 7.81. The van der Waals surface area contributed by atoms with Crippen LogP contribution in [0.25, 0.3) is 11.5 Å². The zero-order valence-corrected chi connectivity index (χ0v) is 17.3. The van der Waals surface area contributed by atoms with Gasteiger partial charge in [0.05, 0.1) is 24.5 Å². The normalized spacial score (nSPS) is 12.1. The molecular formula is C19H21BrN4O2S. The van der Waals surface area contributed by atoms with Crippen LogP contribution in [0.3, 0.4) is 0 Å². The number of benzene rings is 1. The Morgan fingerprint density at radius 2 is 2.04 bits per heavy atom. The highest BCUT2D eigenvalue weighted by molar-refractivity contribution is 9.10. The Morgan fingerprint density at radius 1 is 1.30 bits per heavy atom. The Bertz CT molecular complexity index is 895. The van der Waals surface area contributed by atoms with Crippen LogP contribution in [0, 0.1) is 0 Å². The van der Waals surface area contributed by atoms with E-state index in [0.29, 0.717) is 17.8 Å². The first kappa shape index (κ1) is 19.7. The van der Waals surface area contributed by atoms with E-state index in [1.807, 2.05) is 59.6 Å². The first-order valence-electron chi connectivity index (χ1n) is 8.52. The van der Waals surface area contributed by atoms with Gasteiger partial charge in [0.2, 0.25) is 0 Å². The largest absolute Gasteiger partial charge is 0.394 e. The van der Waals surface area contributed by atoms with Crippen LogP contribution in [-0.4, -0.2) is 50.0 Å². The van der Waals surface area contributed by atoms with Crippen molar-refractivity contribution >= 4 is 33.6 Å². The van der Waals surface area contributed by atoms with Crippen molar-refractivity contribution < 1.29 is 9.90 Å². The molecule has 6 nitrogen and oxygen atoms in total. The van der Waals surface area contributed by atoms with Crippen molar-refractivity contribution in [3.63, 3.8) is 0 Å². The highest BCUT2D eigenvalue weighted by atomic mass is 79.9. The van der Waals surface area contributed by atoms with E-state index in [1.54, 1.807) is 22.6 Å². The van der Waals surface area contributed by atoms with Crippen molar-refractivity contribution in [3.05, 3.63) is 65.0 Å². The van der Waals surface area contributed by atoms with Gasteiger partial charge in [0, 0.05) is 16.9 Å². The van der Waals surface area contributed by atoms with E-state index < -0.39 is 0 Å².